The maximum absolute atomic E-state index is 12.9. The Hall–Kier alpha value is -3.74. The van der Waals surface area contributed by atoms with Crippen LogP contribution in [0.4, 0.5) is 5.82 Å². The van der Waals surface area contributed by atoms with E-state index in [1.54, 1.807) is 40.7 Å². The summed E-state index contributed by atoms with van der Waals surface area (Å²) in [5, 5.41) is 19.1. The van der Waals surface area contributed by atoms with Crippen molar-refractivity contribution in [3.05, 3.63) is 66.0 Å². The molecule has 0 saturated carbocycles. The Balaban J connectivity index is 1.77. The van der Waals surface area contributed by atoms with Crippen LogP contribution >= 0.6 is 0 Å². The van der Waals surface area contributed by atoms with Gasteiger partial charge in [0.1, 0.15) is 11.5 Å². The molecule has 0 atom stereocenters. The third-order valence-electron chi connectivity index (χ3n) is 4.97. The lowest BCUT2D eigenvalue weighted by Crippen LogP contribution is -2.12. The van der Waals surface area contributed by atoms with Gasteiger partial charge in [0.15, 0.2) is 11.7 Å². The number of fused-ring (bicyclic) bond motifs is 1. The van der Waals surface area contributed by atoms with Crippen molar-refractivity contribution in [2.24, 2.45) is 13.0 Å². The van der Waals surface area contributed by atoms with Crippen molar-refractivity contribution in [1.82, 2.24) is 14.3 Å². The van der Waals surface area contributed by atoms with E-state index in [9.17, 15) is 9.90 Å². The predicted octanol–water partition coefficient (Wildman–Crippen LogP) is 5.09. The summed E-state index contributed by atoms with van der Waals surface area (Å²) in [5.74, 6) is 1.75. The summed E-state index contributed by atoms with van der Waals surface area (Å²) in [6, 6.07) is 12.8. The molecule has 0 aliphatic carbocycles. The number of amides is 1. The third kappa shape index (κ3) is 4.40. The van der Waals surface area contributed by atoms with Crippen molar-refractivity contribution in [3.63, 3.8) is 0 Å². The van der Waals surface area contributed by atoms with Crippen molar-refractivity contribution in [2.45, 2.75) is 27.3 Å². The van der Waals surface area contributed by atoms with Gasteiger partial charge in [0.25, 0.3) is 5.91 Å². The maximum Gasteiger partial charge on any atom is 0.257 e. The Bertz CT molecular complexity index is 1240. The minimum atomic E-state index is -0.328. The highest BCUT2D eigenvalue weighted by Crippen LogP contribution is 2.38. The lowest BCUT2D eigenvalue weighted by Gasteiger charge is -2.10. The fraction of sp³-hybridized carbons (Fsp3) is 0.250. The van der Waals surface area contributed by atoms with E-state index in [2.05, 4.69) is 24.3 Å². The molecular weight excluding hydrogens is 392 g/mol. The molecule has 0 fully saturated rings. The van der Waals surface area contributed by atoms with Gasteiger partial charge in [-0.3, -0.25) is 9.48 Å². The first-order valence-corrected chi connectivity index (χ1v) is 10.2. The first-order valence-electron chi connectivity index (χ1n) is 10.2. The summed E-state index contributed by atoms with van der Waals surface area (Å²) in [6.07, 6.45) is 3.62. The Morgan fingerprint density at radius 1 is 1.16 bits per heavy atom. The average molecular weight is 418 g/mol. The van der Waals surface area contributed by atoms with E-state index in [1.165, 1.54) is 0 Å². The average Bonchev–Trinajstić information content (AvgIpc) is 3.26. The Morgan fingerprint density at radius 3 is 2.55 bits per heavy atom. The molecule has 7 heteroatoms. The van der Waals surface area contributed by atoms with Gasteiger partial charge in [-0.1, -0.05) is 31.5 Å². The summed E-state index contributed by atoms with van der Waals surface area (Å²) in [7, 11) is 1.78. The van der Waals surface area contributed by atoms with Gasteiger partial charge >= 0.3 is 0 Å². The Morgan fingerprint density at radius 2 is 1.90 bits per heavy atom. The molecule has 7 nitrogen and oxygen atoms in total. The van der Waals surface area contributed by atoms with Crippen molar-refractivity contribution in [2.75, 3.05) is 5.32 Å². The highest BCUT2D eigenvalue weighted by Gasteiger charge is 2.19. The standard InChI is InChI=1S/C24H26N4O3/c1-15(2)13-28-14-20-19(24(28)30)11-17(23(29)25-22-9-10-27(4)26-22)12-21(20)31-18-7-5-16(3)6-8-18/h5-12,14-15,30H,13H2,1-4H3,(H,25,26,29). The molecule has 2 heterocycles. The largest absolute Gasteiger partial charge is 0.494 e. The number of nitrogens with zero attached hydrogens (tertiary/aromatic N) is 3. The summed E-state index contributed by atoms with van der Waals surface area (Å²) in [4.78, 5) is 12.9. The number of ether oxygens (including phenoxy) is 1. The maximum atomic E-state index is 12.9. The normalized spacial score (nSPS) is 11.3. The molecule has 0 spiro atoms. The van der Waals surface area contributed by atoms with Gasteiger partial charge in [-0.2, -0.15) is 5.10 Å². The number of hydrogen-bond acceptors (Lipinski definition) is 4. The smallest absolute Gasteiger partial charge is 0.257 e. The molecule has 0 saturated heterocycles. The van der Waals surface area contributed by atoms with Crippen LogP contribution in [0.2, 0.25) is 0 Å². The van der Waals surface area contributed by atoms with Crippen LogP contribution in [0.1, 0.15) is 29.8 Å². The van der Waals surface area contributed by atoms with Crippen molar-refractivity contribution in [1.29, 1.82) is 0 Å². The number of anilines is 1. The molecule has 0 aliphatic heterocycles. The van der Waals surface area contributed by atoms with Crippen molar-refractivity contribution >= 4 is 22.5 Å². The molecule has 2 aromatic carbocycles. The summed E-state index contributed by atoms with van der Waals surface area (Å²) >= 11 is 0. The van der Waals surface area contributed by atoms with Gasteiger partial charge in [0.2, 0.25) is 0 Å². The molecular formula is C24H26N4O3. The number of nitrogens with one attached hydrogen (secondary N) is 1. The summed E-state index contributed by atoms with van der Waals surface area (Å²) in [5.41, 5.74) is 1.50. The predicted molar refractivity (Wildman–Crippen MR) is 121 cm³/mol. The van der Waals surface area contributed by atoms with Gasteiger partial charge in [0, 0.05) is 48.4 Å². The molecule has 160 valence electrons. The van der Waals surface area contributed by atoms with Crippen LogP contribution in [0.5, 0.6) is 17.4 Å². The van der Waals surface area contributed by atoms with Crippen molar-refractivity contribution in [3.8, 4) is 17.4 Å². The van der Waals surface area contributed by atoms with E-state index in [0.717, 1.165) is 10.9 Å². The molecule has 2 N–H and O–H groups in total. The molecule has 0 aliphatic rings. The molecule has 0 radical (unpaired) electrons. The molecule has 4 rings (SSSR count). The second-order valence-corrected chi connectivity index (χ2v) is 8.18. The van der Waals surface area contributed by atoms with Crippen LogP contribution in [0.3, 0.4) is 0 Å². The lowest BCUT2D eigenvalue weighted by molar-refractivity contribution is 0.102. The fourth-order valence-electron chi connectivity index (χ4n) is 3.47. The van der Waals surface area contributed by atoms with Gasteiger partial charge in [0.05, 0.1) is 0 Å². The Labute approximate surface area is 180 Å². The topological polar surface area (TPSA) is 81.3 Å². The molecule has 0 bridgehead atoms. The first kappa shape index (κ1) is 20.5. The van der Waals surface area contributed by atoms with E-state index < -0.39 is 0 Å². The monoisotopic (exact) mass is 418 g/mol. The van der Waals surface area contributed by atoms with Gasteiger partial charge < -0.3 is 19.7 Å². The number of aryl methyl sites for hydroxylation is 2. The molecule has 1 amide bonds. The fourth-order valence-corrected chi connectivity index (χ4v) is 3.47. The minimum Gasteiger partial charge on any atom is -0.494 e. The second kappa shape index (κ2) is 8.18. The second-order valence-electron chi connectivity index (χ2n) is 8.18. The number of hydrogen-bond donors (Lipinski definition) is 2. The zero-order valence-corrected chi connectivity index (χ0v) is 18.1. The minimum absolute atomic E-state index is 0.116. The molecule has 0 unspecified atom stereocenters. The zero-order chi connectivity index (χ0) is 22.1. The SMILES string of the molecule is Cc1ccc(Oc2cc(C(=O)Nc3ccn(C)n3)cc3c(O)n(CC(C)C)cc23)cc1. The highest BCUT2D eigenvalue weighted by atomic mass is 16.5. The van der Waals surface area contributed by atoms with Crippen molar-refractivity contribution < 1.29 is 14.6 Å². The number of aromatic nitrogens is 3. The highest BCUT2D eigenvalue weighted by molar-refractivity contribution is 6.08. The van der Waals surface area contributed by atoms with Crippen LogP contribution in [-0.2, 0) is 13.6 Å². The Kier molecular flexibility index (Phi) is 5.42. The zero-order valence-electron chi connectivity index (χ0n) is 18.1. The summed E-state index contributed by atoms with van der Waals surface area (Å²) < 4.78 is 9.54. The number of rotatable bonds is 6. The third-order valence-corrected chi connectivity index (χ3v) is 4.97. The van der Waals surface area contributed by atoms with E-state index in [-0.39, 0.29) is 11.8 Å². The lowest BCUT2D eigenvalue weighted by atomic mass is 10.1. The number of aromatic hydroxyl groups is 1. The molecule has 4 aromatic rings. The number of carbonyl (C=O) groups excluding carboxylic acids is 1. The van der Waals surface area contributed by atoms with E-state index in [0.29, 0.717) is 40.7 Å². The van der Waals surface area contributed by atoms with Crippen LogP contribution in [-0.4, -0.2) is 25.4 Å². The molecule has 31 heavy (non-hydrogen) atoms. The number of carbonyl (C=O) groups is 1. The van der Waals surface area contributed by atoms with E-state index in [4.69, 9.17) is 4.74 Å². The number of benzene rings is 2. The van der Waals surface area contributed by atoms with Gasteiger partial charge in [-0.25, -0.2) is 0 Å². The quantitative estimate of drug-likeness (QED) is 0.457. The van der Waals surface area contributed by atoms with Gasteiger partial charge in [-0.05, 0) is 37.1 Å². The van der Waals surface area contributed by atoms with Crippen LogP contribution in [0.25, 0.3) is 10.8 Å². The van der Waals surface area contributed by atoms with Crippen LogP contribution < -0.4 is 10.1 Å². The van der Waals surface area contributed by atoms with Crippen LogP contribution in [0, 0.1) is 12.8 Å². The van der Waals surface area contributed by atoms with Gasteiger partial charge in [-0.15, -0.1) is 0 Å². The molecule has 2 aromatic heterocycles. The van der Waals surface area contributed by atoms with E-state index in [1.807, 2.05) is 37.4 Å². The first-order chi connectivity index (χ1) is 14.8. The summed E-state index contributed by atoms with van der Waals surface area (Å²) in [6.45, 7) is 6.83. The van der Waals surface area contributed by atoms with Crippen LogP contribution in [0.15, 0.2) is 54.9 Å². The van der Waals surface area contributed by atoms with E-state index >= 15 is 0 Å².